The van der Waals surface area contributed by atoms with E-state index in [-0.39, 0.29) is 5.54 Å². The number of benzene rings is 3. The van der Waals surface area contributed by atoms with Crippen LogP contribution in [0.3, 0.4) is 0 Å². The van der Waals surface area contributed by atoms with Crippen molar-refractivity contribution in [3.8, 4) is 33.4 Å². The summed E-state index contributed by atoms with van der Waals surface area (Å²) in [6, 6.07) is 25.3. The molecule has 3 N–H and O–H groups in total. The summed E-state index contributed by atoms with van der Waals surface area (Å²) < 4.78 is 2.06. The molecule has 0 radical (unpaired) electrons. The number of allylic oxidation sites excluding steroid dienone is 1. The van der Waals surface area contributed by atoms with Crippen molar-refractivity contribution in [2.24, 2.45) is 17.8 Å². The van der Waals surface area contributed by atoms with E-state index in [0.717, 1.165) is 61.1 Å². The third kappa shape index (κ3) is 8.97. The molecule has 49 heavy (non-hydrogen) atoms. The van der Waals surface area contributed by atoms with E-state index >= 15 is 0 Å². The SMILES string of the molecule is C=C/C(=C\N=c1cc(-c2cccc(-c3cccc(-c4ccc5c(c4)CC(NC(C)(C)C)C5)c3C)c2C)ccn1C)CN(C)CCCC(=C)N. The summed E-state index contributed by atoms with van der Waals surface area (Å²) in [4.78, 5) is 7.17. The van der Waals surface area contributed by atoms with E-state index in [9.17, 15) is 0 Å². The maximum absolute atomic E-state index is 5.74. The van der Waals surface area contributed by atoms with E-state index in [1.807, 2.05) is 19.3 Å². The molecule has 4 aromatic rings. The van der Waals surface area contributed by atoms with Crippen molar-refractivity contribution >= 4 is 0 Å². The molecule has 0 saturated carbocycles. The molecule has 1 aromatic heterocycles. The first kappa shape index (κ1) is 35.8. The Balaban J connectivity index is 1.42. The minimum absolute atomic E-state index is 0.116. The van der Waals surface area contributed by atoms with Crippen molar-refractivity contribution in [1.82, 2.24) is 14.8 Å². The predicted octanol–water partition coefficient (Wildman–Crippen LogP) is 8.65. The van der Waals surface area contributed by atoms with Gasteiger partial charge in [-0.1, -0.05) is 73.8 Å². The molecule has 5 rings (SSSR count). The summed E-state index contributed by atoms with van der Waals surface area (Å²) in [5, 5.41) is 3.81. The molecule has 1 aliphatic rings. The molecule has 1 heterocycles. The predicted molar refractivity (Wildman–Crippen MR) is 209 cm³/mol. The van der Waals surface area contributed by atoms with Gasteiger partial charge in [0.1, 0.15) is 5.49 Å². The number of nitrogens with one attached hydrogen (secondary N) is 1. The van der Waals surface area contributed by atoms with Crippen LogP contribution in [0, 0.1) is 13.8 Å². The van der Waals surface area contributed by atoms with Crippen LogP contribution >= 0.6 is 0 Å². The van der Waals surface area contributed by atoms with Crippen LogP contribution in [0.15, 0.2) is 115 Å². The topological polar surface area (TPSA) is 58.6 Å². The largest absolute Gasteiger partial charge is 0.403 e. The molecular weight excluding hydrogens is 599 g/mol. The molecule has 5 heteroatoms. The van der Waals surface area contributed by atoms with Crippen LogP contribution < -0.4 is 16.5 Å². The smallest absolute Gasteiger partial charge is 0.132 e. The maximum atomic E-state index is 5.74. The first-order chi connectivity index (χ1) is 23.3. The van der Waals surface area contributed by atoms with E-state index in [1.165, 1.54) is 50.1 Å². The molecule has 1 aliphatic carbocycles. The number of pyridine rings is 1. The Bertz CT molecular complexity index is 1930. The Morgan fingerprint density at radius 3 is 2.16 bits per heavy atom. The number of fused-ring (bicyclic) bond motifs is 1. The highest BCUT2D eigenvalue weighted by Gasteiger charge is 2.25. The fourth-order valence-electron chi connectivity index (χ4n) is 7.11. The number of nitrogens with zero attached hydrogens (tertiary/aromatic N) is 3. The van der Waals surface area contributed by atoms with E-state index in [4.69, 9.17) is 10.7 Å². The molecule has 5 nitrogen and oxygen atoms in total. The molecule has 0 spiro atoms. The van der Waals surface area contributed by atoms with Gasteiger partial charge in [-0.2, -0.15) is 0 Å². The van der Waals surface area contributed by atoms with Gasteiger partial charge in [0.25, 0.3) is 0 Å². The van der Waals surface area contributed by atoms with E-state index in [1.54, 1.807) is 0 Å². The van der Waals surface area contributed by atoms with Crippen LogP contribution in [0.5, 0.6) is 0 Å². The maximum Gasteiger partial charge on any atom is 0.132 e. The van der Waals surface area contributed by atoms with Gasteiger partial charge in [0.2, 0.25) is 0 Å². The summed E-state index contributed by atoms with van der Waals surface area (Å²) >= 11 is 0. The van der Waals surface area contributed by atoms with Crippen molar-refractivity contribution in [3.63, 3.8) is 0 Å². The highest BCUT2D eigenvalue weighted by atomic mass is 15.1. The molecular formula is C44H55N5. The average Bonchev–Trinajstić information content (AvgIpc) is 3.44. The first-order valence-electron chi connectivity index (χ1n) is 17.6. The summed E-state index contributed by atoms with van der Waals surface area (Å²) in [6.45, 7) is 20.8. The fourth-order valence-corrected chi connectivity index (χ4v) is 7.11. The normalized spacial score (nSPS) is 15.1. The Kier molecular flexibility index (Phi) is 11.3. The lowest BCUT2D eigenvalue weighted by Crippen LogP contribution is -2.44. The molecule has 1 unspecified atom stereocenters. The quantitative estimate of drug-likeness (QED) is 0.151. The molecule has 0 aliphatic heterocycles. The van der Waals surface area contributed by atoms with Crippen LogP contribution in [0.25, 0.3) is 33.4 Å². The molecule has 0 saturated heterocycles. The minimum Gasteiger partial charge on any atom is -0.403 e. The second-order valence-corrected chi connectivity index (χ2v) is 14.9. The lowest BCUT2D eigenvalue weighted by atomic mass is 9.88. The fraction of sp³-hybridized carbons (Fsp3) is 0.341. The Morgan fingerprint density at radius 1 is 0.939 bits per heavy atom. The molecule has 1 atom stereocenters. The van der Waals surface area contributed by atoms with E-state index < -0.39 is 0 Å². The van der Waals surface area contributed by atoms with Crippen molar-refractivity contribution in [2.45, 2.75) is 71.9 Å². The first-order valence-corrected chi connectivity index (χ1v) is 17.6. The molecule has 0 amide bonds. The Morgan fingerprint density at radius 2 is 1.55 bits per heavy atom. The van der Waals surface area contributed by atoms with Gasteiger partial charge in [-0.3, -0.25) is 0 Å². The van der Waals surface area contributed by atoms with Gasteiger partial charge in [0.15, 0.2) is 0 Å². The molecule has 3 aromatic carbocycles. The van der Waals surface area contributed by atoms with Crippen molar-refractivity contribution in [1.29, 1.82) is 0 Å². The van der Waals surface area contributed by atoms with Crippen molar-refractivity contribution in [3.05, 3.63) is 137 Å². The van der Waals surface area contributed by atoms with Gasteiger partial charge in [-0.25, -0.2) is 4.99 Å². The summed E-state index contributed by atoms with van der Waals surface area (Å²) in [5.41, 5.74) is 21.5. The number of aromatic nitrogens is 1. The highest BCUT2D eigenvalue weighted by Crippen LogP contribution is 2.37. The van der Waals surface area contributed by atoms with E-state index in [2.05, 4.69) is 143 Å². The third-order valence-electron chi connectivity index (χ3n) is 9.59. The second-order valence-electron chi connectivity index (χ2n) is 14.9. The molecule has 0 bridgehead atoms. The lowest BCUT2D eigenvalue weighted by molar-refractivity contribution is 0.358. The highest BCUT2D eigenvalue weighted by molar-refractivity contribution is 5.83. The zero-order chi connectivity index (χ0) is 35.3. The van der Waals surface area contributed by atoms with Crippen molar-refractivity contribution in [2.75, 3.05) is 20.1 Å². The molecule has 256 valence electrons. The summed E-state index contributed by atoms with van der Waals surface area (Å²) in [7, 11) is 4.14. The van der Waals surface area contributed by atoms with Crippen LogP contribution in [-0.2, 0) is 19.9 Å². The standard InChI is InChI=1S/C44H55N5/c1-10-33(29-48(8)22-13-14-30(2)45)28-46-43-27-36(21-23-49(43)9)40-16-12-18-42(32(40)4)41-17-11-15-39(31(41)3)35-20-19-34-25-38(26-37(34)24-35)47-44(5,6)7/h10-12,15-21,23-24,27-28,38,47H,1-2,13-14,22,25-26,29,45H2,3-9H3/b33-28+,46-43?. The minimum atomic E-state index is 0.116. The summed E-state index contributed by atoms with van der Waals surface area (Å²) in [5.74, 6) is 0. The van der Waals surface area contributed by atoms with Crippen LogP contribution in [-0.4, -0.2) is 41.2 Å². The summed E-state index contributed by atoms with van der Waals surface area (Å²) in [6.07, 6.45) is 9.91. The van der Waals surface area contributed by atoms with Gasteiger partial charge >= 0.3 is 0 Å². The number of likely N-dealkylation sites (N-methyl/N-ethyl adjacent to an activating group) is 1. The van der Waals surface area contributed by atoms with Gasteiger partial charge in [-0.15, -0.1) is 0 Å². The van der Waals surface area contributed by atoms with Crippen LogP contribution in [0.1, 0.15) is 55.9 Å². The Labute approximate surface area is 294 Å². The zero-order valence-electron chi connectivity index (χ0n) is 30.7. The van der Waals surface area contributed by atoms with Gasteiger partial charge in [-0.05, 0) is 147 Å². The van der Waals surface area contributed by atoms with Crippen LogP contribution in [0.2, 0.25) is 0 Å². The van der Waals surface area contributed by atoms with E-state index in [0.29, 0.717) is 6.04 Å². The van der Waals surface area contributed by atoms with Gasteiger partial charge in [0.05, 0.1) is 0 Å². The average molecular weight is 654 g/mol. The van der Waals surface area contributed by atoms with Gasteiger partial charge in [0, 0.05) is 43.3 Å². The number of hydrogen-bond acceptors (Lipinski definition) is 4. The third-order valence-corrected chi connectivity index (χ3v) is 9.59. The zero-order valence-corrected chi connectivity index (χ0v) is 30.7. The monoisotopic (exact) mass is 653 g/mol. The second kappa shape index (κ2) is 15.4. The number of hydrogen-bond donors (Lipinski definition) is 2. The lowest BCUT2D eigenvalue weighted by Gasteiger charge is -2.25. The number of aryl methyl sites for hydroxylation is 1. The van der Waals surface area contributed by atoms with Gasteiger partial charge < -0.3 is 20.5 Å². The van der Waals surface area contributed by atoms with Crippen molar-refractivity contribution < 1.29 is 0 Å². The molecule has 0 fully saturated rings. The Hall–Kier alpha value is -4.45. The van der Waals surface area contributed by atoms with Crippen LogP contribution in [0.4, 0.5) is 0 Å². The number of rotatable bonds is 12. The number of nitrogens with two attached hydrogens (primary N) is 1.